The molecular weight excluding hydrogens is 444 g/mol. The molecular formula is C27H30N4O4. The number of oxazole rings is 1. The number of carbonyl (C=O) groups excluding carboxylic acids is 1. The van der Waals surface area contributed by atoms with Gasteiger partial charge in [-0.2, -0.15) is 0 Å². The molecule has 0 radical (unpaired) electrons. The fourth-order valence-corrected chi connectivity index (χ4v) is 4.48. The molecule has 1 amide bonds. The summed E-state index contributed by atoms with van der Waals surface area (Å²) in [6, 6.07) is 9.48. The molecule has 182 valence electrons. The summed E-state index contributed by atoms with van der Waals surface area (Å²) in [7, 11) is 0. The van der Waals surface area contributed by atoms with Crippen LogP contribution >= 0.6 is 0 Å². The van der Waals surface area contributed by atoms with Crippen molar-refractivity contribution in [3.63, 3.8) is 0 Å². The molecule has 3 N–H and O–H groups in total. The zero-order chi connectivity index (χ0) is 24.8. The van der Waals surface area contributed by atoms with Crippen LogP contribution in [0.3, 0.4) is 0 Å². The van der Waals surface area contributed by atoms with Gasteiger partial charge in [0.15, 0.2) is 5.69 Å². The third kappa shape index (κ3) is 4.85. The Balaban J connectivity index is 1.40. The van der Waals surface area contributed by atoms with Crippen LogP contribution in [0, 0.1) is 6.92 Å². The number of nitrogens with one attached hydrogen (secondary N) is 1. The van der Waals surface area contributed by atoms with Gasteiger partial charge in [-0.05, 0) is 71.1 Å². The second-order valence-corrected chi connectivity index (χ2v) is 10.1. The van der Waals surface area contributed by atoms with E-state index in [0.29, 0.717) is 35.6 Å². The van der Waals surface area contributed by atoms with Crippen molar-refractivity contribution < 1.29 is 19.4 Å². The summed E-state index contributed by atoms with van der Waals surface area (Å²) in [5.74, 6) is -0.0746. The molecule has 1 aliphatic carbocycles. The standard InChI is InChI=1S/C27H30N4O4/c1-17-6-4-7-18(12-17)25-30-22(16-35-25)24(32)29-21-15-31-14-19(8-11-27(34)9-5-10-27)28-23(31)13-20(21)26(2,3)33/h4,6-7,12-16,33-34H,5,8-11H2,1-3H3,(H,29,32). The number of aryl methyl sites for hydroxylation is 2. The van der Waals surface area contributed by atoms with Crippen molar-refractivity contribution in [2.24, 2.45) is 0 Å². The van der Waals surface area contributed by atoms with E-state index < -0.39 is 17.1 Å². The van der Waals surface area contributed by atoms with Crippen LogP contribution < -0.4 is 5.32 Å². The number of imidazole rings is 1. The van der Waals surface area contributed by atoms with Crippen molar-refractivity contribution >= 4 is 17.2 Å². The first-order chi connectivity index (χ1) is 16.6. The molecule has 0 bridgehead atoms. The first kappa shape index (κ1) is 23.3. The lowest BCUT2D eigenvalue weighted by atomic mass is 9.77. The number of amides is 1. The molecule has 0 saturated heterocycles. The van der Waals surface area contributed by atoms with Gasteiger partial charge in [0.05, 0.1) is 22.6 Å². The van der Waals surface area contributed by atoms with Crippen LogP contribution in [0.2, 0.25) is 0 Å². The summed E-state index contributed by atoms with van der Waals surface area (Å²) in [5.41, 5.74) is 2.73. The maximum atomic E-state index is 13.0. The van der Waals surface area contributed by atoms with Gasteiger partial charge in [0.25, 0.3) is 5.91 Å². The van der Waals surface area contributed by atoms with E-state index in [0.717, 1.165) is 36.1 Å². The second-order valence-electron chi connectivity index (χ2n) is 10.1. The lowest BCUT2D eigenvalue weighted by molar-refractivity contribution is -0.0399. The topological polar surface area (TPSA) is 113 Å². The second kappa shape index (κ2) is 8.62. The van der Waals surface area contributed by atoms with E-state index >= 15 is 0 Å². The van der Waals surface area contributed by atoms with Gasteiger partial charge in [0.1, 0.15) is 11.9 Å². The number of hydrogen-bond donors (Lipinski definition) is 3. The largest absolute Gasteiger partial charge is 0.444 e. The van der Waals surface area contributed by atoms with E-state index in [-0.39, 0.29) is 5.69 Å². The zero-order valence-electron chi connectivity index (χ0n) is 20.2. The van der Waals surface area contributed by atoms with Crippen LogP contribution in [0.5, 0.6) is 0 Å². The number of anilines is 1. The van der Waals surface area contributed by atoms with Crippen LogP contribution in [0.1, 0.15) is 66.8 Å². The first-order valence-electron chi connectivity index (χ1n) is 11.9. The molecule has 8 nitrogen and oxygen atoms in total. The smallest absolute Gasteiger partial charge is 0.277 e. The van der Waals surface area contributed by atoms with Gasteiger partial charge in [0.2, 0.25) is 5.89 Å². The van der Waals surface area contributed by atoms with E-state index in [4.69, 9.17) is 4.42 Å². The minimum Gasteiger partial charge on any atom is -0.444 e. The predicted molar refractivity (Wildman–Crippen MR) is 132 cm³/mol. The average molecular weight is 475 g/mol. The zero-order valence-corrected chi connectivity index (χ0v) is 20.2. The maximum Gasteiger partial charge on any atom is 0.277 e. The Bertz CT molecular complexity index is 1390. The number of rotatable bonds is 7. The molecule has 4 aromatic rings. The van der Waals surface area contributed by atoms with Crippen molar-refractivity contribution in [2.45, 2.75) is 64.1 Å². The van der Waals surface area contributed by atoms with Crippen LogP contribution in [0.15, 0.2) is 53.4 Å². The predicted octanol–water partition coefficient (Wildman–Crippen LogP) is 4.63. The SMILES string of the molecule is Cc1cccc(-c2nc(C(=O)Nc3cn4cc(CCC5(O)CCC5)nc4cc3C(C)(C)O)co2)c1. The van der Waals surface area contributed by atoms with Gasteiger partial charge in [-0.15, -0.1) is 0 Å². The highest BCUT2D eigenvalue weighted by molar-refractivity contribution is 6.03. The quantitative estimate of drug-likeness (QED) is 0.360. The fraction of sp³-hybridized carbons (Fsp3) is 0.370. The van der Waals surface area contributed by atoms with Crippen LogP contribution in [0.4, 0.5) is 5.69 Å². The van der Waals surface area contributed by atoms with E-state index in [1.165, 1.54) is 6.26 Å². The number of aliphatic hydroxyl groups is 2. The molecule has 3 heterocycles. The van der Waals surface area contributed by atoms with E-state index in [1.807, 2.05) is 41.8 Å². The third-order valence-corrected chi connectivity index (χ3v) is 6.68. The Morgan fingerprint density at radius 2 is 2.03 bits per heavy atom. The molecule has 5 rings (SSSR count). The minimum absolute atomic E-state index is 0.142. The molecule has 1 aliphatic rings. The monoisotopic (exact) mass is 474 g/mol. The number of carbonyl (C=O) groups is 1. The van der Waals surface area contributed by atoms with Crippen molar-refractivity contribution in [1.82, 2.24) is 14.4 Å². The Kier molecular flexibility index (Phi) is 5.73. The summed E-state index contributed by atoms with van der Waals surface area (Å²) < 4.78 is 7.37. The normalized spacial score (nSPS) is 15.2. The summed E-state index contributed by atoms with van der Waals surface area (Å²) in [5, 5.41) is 24.1. The molecule has 1 aromatic carbocycles. The van der Waals surface area contributed by atoms with E-state index in [2.05, 4.69) is 15.3 Å². The van der Waals surface area contributed by atoms with E-state index in [1.54, 1.807) is 26.1 Å². The third-order valence-electron chi connectivity index (χ3n) is 6.68. The highest BCUT2D eigenvalue weighted by Crippen LogP contribution is 2.36. The Labute approximate surface area is 203 Å². The van der Waals surface area contributed by atoms with Crippen molar-refractivity contribution in [3.05, 3.63) is 71.5 Å². The molecule has 35 heavy (non-hydrogen) atoms. The fourth-order valence-electron chi connectivity index (χ4n) is 4.48. The molecule has 0 unspecified atom stereocenters. The van der Waals surface area contributed by atoms with Gasteiger partial charge >= 0.3 is 0 Å². The molecule has 0 atom stereocenters. The van der Waals surface area contributed by atoms with Crippen molar-refractivity contribution in [3.8, 4) is 11.5 Å². The Hall–Kier alpha value is -3.49. The van der Waals surface area contributed by atoms with E-state index in [9.17, 15) is 15.0 Å². The highest BCUT2D eigenvalue weighted by atomic mass is 16.3. The average Bonchev–Trinajstić information content (AvgIpc) is 3.42. The van der Waals surface area contributed by atoms with Gasteiger partial charge in [-0.25, -0.2) is 9.97 Å². The molecule has 0 spiro atoms. The van der Waals surface area contributed by atoms with Crippen LogP contribution in [-0.2, 0) is 12.0 Å². The van der Waals surface area contributed by atoms with Gasteiger partial charge in [-0.3, -0.25) is 4.79 Å². The number of benzene rings is 1. The number of hydrogen-bond acceptors (Lipinski definition) is 6. The summed E-state index contributed by atoms with van der Waals surface area (Å²) in [6.07, 6.45) is 9.06. The lowest BCUT2D eigenvalue weighted by Gasteiger charge is -2.36. The van der Waals surface area contributed by atoms with Crippen LogP contribution in [0.25, 0.3) is 17.1 Å². The lowest BCUT2D eigenvalue weighted by Crippen LogP contribution is -2.37. The molecule has 1 saturated carbocycles. The molecule has 3 aromatic heterocycles. The Morgan fingerprint density at radius 3 is 2.71 bits per heavy atom. The number of nitrogens with zero attached hydrogens (tertiary/aromatic N) is 3. The molecule has 8 heteroatoms. The number of pyridine rings is 1. The summed E-state index contributed by atoms with van der Waals surface area (Å²) in [6.45, 7) is 5.30. The first-order valence-corrected chi connectivity index (χ1v) is 11.9. The van der Waals surface area contributed by atoms with Gasteiger partial charge < -0.3 is 24.3 Å². The van der Waals surface area contributed by atoms with Crippen LogP contribution in [-0.4, -0.2) is 36.1 Å². The minimum atomic E-state index is -1.21. The molecule has 0 aliphatic heterocycles. The van der Waals surface area contributed by atoms with Gasteiger partial charge in [-0.1, -0.05) is 17.7 Å². The van der Waals surface area contributed by atoms with Crippen molar-refractivity contribution in [1.29, 1.82) is 0 Å². The molecule has 1 fully saturated rings. The Morgan fingerprint density at radius 1 is 1.23 bits per heavy atom. The summed E-state index contributed by atoms with van der Waals surface area (Å²) in [4.78, 5) is 22.1. The van der Waals surface area contributed by atoms with Crippen molar-refractivity contribution in [2.75, 3.05) is 5.32 Å². The summed E-state index contributed by atoms with van der Waals surface area (Å²) >= 11 is 0. The maximum absolute atomic E-state index is 13.0. The highest BCUT2D eigenvalue weighted by Gasteiger charge is 2.34. The number of fused-ring (bicyclic) bond motifs is 1. The number of aromatic nitrogens is 3. The van der Waals surface area contributed by atoms with Gasteiger partial charge in [0, 0.05) is 23.5 Å².